The maximum absolute atomic E-state index is 12.9. The number of amides is 1. The van der Waals surface area contributed by atoms with Gasteiger partial charge in [-0.3, -0.25) is 13.9 Å². The van der Waals surface area contributed by atoms with E-state index in [1.807, 2.05) is 31.2 Å². The van der Waals surface area contributed by atoms with Crippen LogP contribution in [0.4, 0.5) is 5.69 Å². The summed E-state index contributed by atoms with van der Waals surface area (Å²) in [4.78, 5) is 25.7. The van der Waals surface area contributed by atoms with E-state index in [9.17, 15) is 18.0 Å². The van der Waals surface area contributed by atoms with Crippen LogP contribution in [0.2, 0.25) is 0 Å². The van der Waals surface area contributed by atoms with E-state index >= 15 is 0 Å². The molecule has 0 aliphatic carbocycles. The summed E-state index contributed by atoms with van der Waals surface area (Å²) in [6.45, 7) is 3.45. The van der Waals surface area contributed by atoms with Crippen LogP contribution in [0.1, 0.15) is 26.2 Å². The number of hydrogen-bond acceptors (Lipinski definition) is 4. The number of para-hydroxylation sites is 2. The van der Waals surface area contributed by atoms with Gasteiger partial charge in [0.05, 0.1) is 15.9 Å². The number of imidazole rings is 1. The molecule has 1 aliphatic rings. The van der Waals surface area contributed by atoms with Crippen molar-refractivity contribution in [1.29, 1.82) is 0 Å². The van der Waals surface area contributed by atoms with Crippen molar-refractivity contribution in [1.82, 2.24) is 13.4 Å². The summed E-state index contributed by atoms with van der Waals surface area (Å²) in [5.74, 6) is -0.391. The lowest BCUT2D eigenvalue weighted by atomic mass is 10.3. The topological polar surface area (TPSA) is 93.4 Å². The zero-order chi connectivity index (χ0) is 22.0. The molecular formula is C22H26N4O4S. The molecule has 0 radical (unpaired) electrons. The zero-order valence-corrected chi connectivity index (χ0v) is 18.3. The van der Waals surface area contributed by atoms with Crippen molar-refractivity contribution < 1.29 is 13.2 Å². The summed E-state index contributed by atoms with van der Waals surface area (Å²) < 4.78 is 30.2. The summed E-state index contributed by atoms with van der Waals surface area (Å²) in [6.07, 6.45) is 2.52. The third-order valence-electron chi connectivity index (χ3n) is 5.49. The molecule has 2 aromatic carbocycles. The minimum atomic E-state index is -3.57. The number of anilines is 1. The van der Waals surface area contributed by atoms with Gasteiger partial charge in [0, 0.05) is 25.3 Å². The number of hydrogen-bond donors (Lipinski definition) is 1. The smallest absolute Gasteiger partial charge is 0.324 e. The number of nitrogens with zero attached hydrogens (tertiary/aromatic N) is 3. The molecule has 1 amide bonds. The van der Waals surface area contributed by atoms with E-state index in [4.69, 9.17) is 0 Å². The number of aryl methyl sites for hydroxylation is 1. The molecular weight excluding hydrogens is 416 g/mol. The summed E-state index contributed by atoms with van der Waals surface area (Å²) in [6, 6.07) is 13.6. The predicted octanol–water partition coefficient (Wildman–Crippen LogP) is 2.64. The van der Waals surface area contributed by atoms with Gasteiger partial charge in [-0.05, 0) is 49.6 Å². The Labute approximate surface area is 181 Å². The summed E-state index contributed by atoms with van der Waals surface area (Å²) in [5.41, 5.74) is 1.64. The van der Waals surface area contributed by atoms with E-state index < -0.39 is 15.9 Å². The van der Waals surface area contributed by atoms with Gasteiger partial charge in [-0.25, -0.2) is 13.2 Å². The third kappa shape index (κ3) is 4.15. The largest absolute Gasteiger partial charge is 0.329 e. The van der Waals surface area contributed by atoms with Crippen LogP contribution in [0, 0.1) is 0 Å². The number of benzene rings is 2. The molecule has 0 bridgehead atoms. The average molecular weight is 443 g/mol. The van der Waals surface area contributed by atoms with Gasteiger partial charge < -0.3 is 5.32 Å². The van der Waals surface area contributed by atoms with Gasteiger partial charge in [0.25, 0.3) is 0 Å². The Morgan fingerprint density at radius 1 is 1.00 bits per heavy atom. The molecule has 1 fully saturated rings. The van der Waals surface area contributed by atoms with Gasteiger partial charge >= 0.3 is 5.69 Å². The van der Waals surface area contributed by atoms with Gasteiger partial charge in [0.1, 0.15) is 6.54 Å². The Kier molecular flexibility index (Phi) is 5.97. The van der Waals surface area contributed by atoms with Gasteiger partial charge in [-0.1, -0.05) is 25.1 Å². The molecule has 0 spiro atoms. The Hall–Kier alpha value is -2.91. The fourth-order valence-corrected chi connectivity index (χ4v) is 5.58. The Morgan fingerprint density at radius 2 is 1.68 bits per heavy atom. The van der Waals surface area contributed by atoms with Crippen LogP contribution in [-0.2, 0) is 27.9 Å². The van der Waals surface area contributed by atoms with Crippen molar-refractivity contribution in [2.75, 3.05) is 18.4 Å². The first kappa shape index (κ1) is 21.3. The summed E-state index contributed by atoms with van der Waals surface area (Å²) >= 11 is 0. The van der Waals surface area contributed by atoms with Gasteiger partial charge in [-0.2, -0.15) is 4.31 Å². The highest BCUT2D eigenvalue weighted by molar-refractivity contribution is 7.89. The van der Waals surface area contributed by atoms with Crippen molar-refractivity contribution in [3.05, 3.63) is 59.0 Å². The summed E-state index contributed by atoms with van der Waals surface area (Å²) in [7, 11) is -3.57. The highest BCUT2D eigenvalue weighted by Gasteiger charge is 2.27. The molecule has 9 heteroatoms. The van der Waals surface area contributed by atoms with Crippen LogP contribution in [0.25, 0.3) is 11.0 Å². The third-order valence-corrected chi connectivity index (χ3v) is 7.39. The normalized spacial score (nSPS) is 14.9. The molecule has 1 aromatic heterocycles. The molecule has 0 saturated carbocycles. The van der Waals surface area contributed by atoms with Crippen molar-refractivity contribution in [3.8, 4) is 0 Å². The fourth-order valence-electron chi connectivity index (χ4n) is 4.02. The van der Waals surface area contributed by atoms with E-state index in [2.05, 4.69) is 5.32 Å². The average Bonchev–Trinajstić information content (AvgIpc) is 3.39. The molecule has 1 aliphatic heterocycles. The van der Waals surface area contributed by atoms with E-state index in [0.29, 0.717) is 30.8 Å². The first-order chi connectivity index (χ1) is 14.9. The van der Waals surface area contributed by atoms with Gasteiger partial charge in [-0.15, -0.1) is 0 Å². The second-order valence-electron chi connectivity index (χ2n) is 7.70. The van der Waals surface area contributed by atoms with Gasteiger partial charge in [0.2, 0.25) is 15.9 Å². The maximum Gasteiger partial charge on any atom is 0.329 e. The molecule has 31 heavy (non-hydrogen) atoms. The van der Waals surface area contributed by atoms with Gasteiger partial charge in [0.15, 0.2) is 0 Å². The van der Waals surface area contributed by atoms with E-state index in [1.54, 1.807) is 16.7 Å². The molecule has 3 aromatic rings. The molecule has 164 valence electrons. The van der Waals surface area contributed by atoms with Crippen LogP contribution in [0.15, 0.2) is 58.2 Å². The minimum absolute atomic E-state index is 0.154. The quantitative estimate of drug-likeness (QED) is 0.609. The SMILES string of the molecule is CCCn1c(=O)n(CC(=O)Nc2cccc(S(=O)(=O)N3CCCC3)c2)c2ccccc21. The fraction of sp³-hybridized carbons (Fsp3) is 0.364. The lowest BCUT2D eigenvalue weighted by Gasteiger charge is -2.16. The molecule has 4 rings (SSSR count). The predicted molar refractivity (Wildman–Crippen MR) is 120 cm³/mol. The van der Waals surface area contributed by atoms with E-state index in [0.717, 1.165) is 24.8 Å². The van der Waals surface area contributed by atoms with Crippen LogP contribution < -0.4 is 11.0 Å². The number of carbonyl (C=O) groups is 1. The molecule has 2 heterocycles. The Morgan fingerprint density at radius 3 is 2.35 bits per heavy atom. The molecule has 0 unspecified atom stereocenters. The first-order valence-electron chi connectivity index (χ1n) is 10.5. The minimum Gasteiger partial charge on any atom is -0.324 e. The summed E-state index contributed by atoms with van der Waals surface area (Å²) in [5, 5.41) is 2.74. The number of nitrogens with one attached hydrogen (secondary N) is 1. The number of sulfonamides is 1. The lowest BCUT2D eigenvalue weighted by molar-refractivity contribution is -0.116. The van der Waals surface area contributed by atoms with Crippen molar-refractivity contribution in [2.45, 2.75) is 44.2 Å². The second kappa shape index (κ2) is 8.68. The number of carbonyl (C=O) groups excluding carboxylic acids is 1. The number of aromatic nitrogens is 2. The van der Waals surface area contributed by atoms with Crippen molar-refractivity contribution in [3.63, 3.8) is 0 Å². The molecule has 8 nitrogen and oxygen atoms in total. The lowest BCUT2D eigenvalue weighted by Crippen LogP contribution is -2.29. The first-order valence-corrected chi connectivity index (χ1v) is 11.9. The second-order valence-corrected chi connectivity index (χ2v) is 9.63. The van der Waals surface area contributed by atoms with Crippen LogP contribution in [-0.4, -0.2) is 40.9 Å². The Bertz CT molecular complexity index is 1270. The van der Waals surface area contributed by atoms with Crippen LogP contribution in [0.5, 0.6) is 0 Å². The number of rotatable bonds is 7. The van der Waals surface area contributed by atoms with E-state index in [1.165, 1.54) is 21.0 Å². The Balaban J connectivity index is 1.57. The number of fused-ring (bicyclic) bond motifs is 1. The molecule has 1 N–H and O–H groups in total. The molecule has 1 saturated heterocycles. The maximum atomic E-state index is 12.9. The highest BCUT2D eigenvalue weighted by atomic mass is 32.2. The van der Waals surface area contributed by atoms with E-state index in [-0.39, 0.29) is 17.1 Å². The highest BCUT2D eigenvalue weighted by Crippen LogP contribution is 2.23. The van der Waals surface area contributed by atoms with Crippen LogP contribution >= 0.6 is 0 Å². The standard InChI is InChI=1S/C22H26N4O4S/c1-2-12-25-19-10-3-4-11-20(19)26(22(25)28)16-21(27)23-17-8-7-9-18(15-17)31(29,30)24-13-5-6-14-24/h3-4,7-11,15H,2,5-6,12-14,16H2,1H3,(H,23,27). The monoisotopic (exact) mass is 442 g/mol. The van der Waals surface area contributed by atoms with Crippen LogP contribution in [0.3, 0.4) is 0 Å². The zero-order valence-electron chi connectivity index (χ0n) is 17.5. The van der Waals surface area contributed by atoms with Crippen molar-refractivity contribution >= 4 is 32.7 Å². The van der Waals surface area contributed by atoms with Crippen molar-refractivity contribution in [2.24, 2.45) is 0 Å². The molecule has 0 atom stereocenters.